The molecule has 1 atom stereocenters. The molecule has 0 saturated heterocycles. The van der Waals surface area contributed by atoms with Crippen LogP contribution in [0, 0.1) is 0 Å². The summed E-state index contributed by atoms with van der Waals surface area (Å²) in [7, 11) is 0.00700. The summed E-state index contributed by atoms with van der Waals surface area (Å²) in [6.07, 6.45) is 0.656. The number of nitrogens with one attached hydrogen (secondary N) is 1. The van der Waals surface area contributed by atoms with E-state index in [0.717, 1.165) is 0 Å². The van der Waals surface area contributed by atoms with E-state index in [1.807, 2.05) is 14.0 Å². The van der Waals surface area contributed by atoms with Crippen LogP contribution in [0.1, 0.15) is 12.7 Å². The van der Waals surface area contributed by atoms with Crippen LogP contribution in [0.4, 0.5) is 0 Å². The Bertz CT molecular complexity index is 725. The Balaban J connectivity index is 2.14. The van der Waals surface area contributed by atoms with E-state index in [4.69, 9.17) is 9.26 Å². The molecule has 1 aromatic carbocycles. The van der Waals surface area contributed by atoms with E-state index in [-0.39, 0.29) is 23.3 Å². The molecule has 0 radical (unpaired) electrons. The predicted octanol–water partition coefficient (Wildman–Crippen LogP) is 1.31. The van der Waals surface area contributed by atoms with Crippen molar-refractivity contribution < 1.29 is 17.7 Å². The van der Waals surface area contributed by atoms with E-state index in [1.165, 1.54) is 7.11 Å². The summed E-state index contributed by atoms with van der Waals surface area (Å²) < 4.78 is 34.2. The molecule has 0 amide bonds. The Labute approximate surface area is 136 Å². The maximum atomic E-state index is 12.1. The Morgan fingerprint density at radius 2 is 2.00 bits per heavy atom. The number of nitrogens with zero attached hydrogens (tertiary/aromatic N) is 2. The lowest BCUT2D eigenvalue weighted by molar-refractivity contribution is 0.217. The molecule has 2 rings (SSSR count). The first-order valence-electron chi connectivity index (χ1n) is 7.28. The second-order valence-electron chi connectivity index (χ2n) is 5.25. The van der Waals surface area contributed by atoms with Crippen molar-refractivity contribution in [2.24, 2.45) is 0 Å². The second-order valence-corrected chi connectivity index (χ2v) is 7.35. The van der Waals surface area contributed by atoms with Gasteiger partial charge in [0.2, 0.25) is 0 Å². The fraction of sp³-hybridized carbons (Fsp3) is 0.467. The first-order valence-corrected chi connectivity index (χ1v) is 8.93. The topological polar surface area (TPSA) is 94.3 Å². The van der Waals surface area contributed by atoms with E-state index >= 15 is 0 Å². The molecule has 0 aliphatic heterocycles. The largest absolute Gasteiger partial charge is 0.384 e. The summed E-state index contributed by atoms with van der Waals surface area (Å²) in [5.41, 5.74) is 0.687. The van der Waals surface area contributed by atoms with Crippen molar-refractivity contribution in [2.45, 2.75) is 24.3 Å². The van der Waals surface area contributed by atoms with E-state index < -0.39 is 9.84 Å². The van der Waals surface area contributed by atoms with Gasteiger partial charge in [0.05, 0.1) is 17.3 Å². The van der Waals surface area contributed by atoms with Crippen molar-refractivity contribution >= 4 is 9.84 Å². The van der Waals surface area contributed by atoms with Crippen molar-refractivity contribution in [3.63, 3.8) is 0 Å². The lowest BCUT2D eigenvalue weighted by Crippen LogP contribution is -2.24. The quantitative estimate of drug-likeness (QED) is 0.775. The van der Waals surface area contributed by atoms with Gasteiger partial charge in [-0.2, -0.15) is 4.98 Å². The minimum Gasteiger partial charge on any atom is -0.384 e. The second kappa shape index (κ2) is 7.67. The maximum Gasteiger partial charge on any atom is 0.257 e. The first kappa shape index (κ1) is 17.6. The van der Waals surface area contributed by atoms with Gasteiger partial charge in [0.15, 0.2) is 15.7 Å². The average Bonchev–Trinajstić information content (AvgIpc) is 3.01. The number of hydrogen-bond donors (Lipinski definition) is 1. The predicted molar refractivity (Wildman–Crippen MR) is 85.9 cm³/mol. The zero-order valence-corrected chi connectivity index (χ0v) is 14.3. The number of hydrogen-bond acceptors (Lipinski definition) is 7. The van der Waals surface area contributed by atoms with Crippen LogP contribution in [0.2, 0.25) is 0 Å². The zero-order chi connectivity index (χ0) is 16.9. The Morgan fingerprint density at radius 3 is 2.61 bits per heavy atom. The smallest absolute Gasteiger partial charge is 0.257 e. The molecule has 0 aliphatic rings. The van der Waals surface area contributed by atoms with Crippen LogP contribution in [-0.2, 0) is 21.0 Å². The van der Waals surface area contributed by atoms with Gasteiger partial charge in [-0.15, -0.1) is 0 Å². The summed E-state index contributed by atoms with van der Waals surface area (Å²) in [5.74, 6) is 0.943. The summed E-state index contributed by atoms with van der Waals surface area (Å²) in [6.45, 7) is 2.19. The average molecular weight is 339 g/mol. The first-order chi connectivity index (χ1) is 11.0. The van der Waals surface area contributed by atoms with Gasteiger partial charge < -0.3 is 14.6 Å². The summed E-state index contributed by atoms with van der Waals surface area (Å²) in [6, 6.07) is 6.66. The lowest BCUT2D eigenvalue weighted by Gasteiger charge is -2.05. The molecule has 0 fully saturated rings. The SMILES string of the molecule is CNC(C)Cc1noc(-c2ccc(S(=O)(=O)CCOC)cc2)n1. The van der Waals surface area contributed by atoms with Crippen molar-refractivity contribution in [3.05, 3.63) is 30.1 Å². The van der Waals surface area contributed by atoms with Gasteiger partial charge in [0.25, 0.3) is 5.89 Å². The summed E-state index contributed by atoms with van der Waals surface area (Å²) >= 11 is 0. The van der Waals surface area contributed by atoms with Crippen LogP contribution in [0.25, 0.3) is 11.5 Å². The van der Waals surface area contributed by atoms with Gasteiger partial charge >= 0.3 is 0 Å². The molecule has 2 aromatic rings. The number of methoxy groups -OCH3 is 1. The van der Waals surface area contributed by atoms with Crippen LogP contribution >= 0.6 is 0 Å². The van der Waals surface area contributed by atoms with E-state index in [9.17, 15) is 8.42 Å². The molecule has 1 unspecified atom stereocenters. The highest BCUT2D eigenvalue weighted by Crippen LogP contribution is 2.20. The minimum atomic E-state index is -3.34. The molecule has 126 valence electrons. The Morgan fingerprint density at radius 1 is 1.30 bits per heavy atom. The van der Waals surface area contributed by atoms with Gasteiger partial charge in [0.1, 0.15) is 0 Å². The molecule has 7 nitrogen and oxygen atoms in total. The maximum absolute atomic E-state index is 12.1. The Kier molecular flexibility index (Phi) is 5.86. The number of likely N-dealkylation sites (N-methyl/N-ethyl adjacent to an activating group) is 1. The fourth-order valence-electron chi connectivity index (χ4n) is 1.95. The van der Waals surface area contributed by atoms with Gasteiger partial charge in [-0.25, -0.2) is 8.42 Å². The zero-order valence-electron chi connectivity index (χ0n) is 13.4. The van der Waals surface area contributed by atoms with Crippen LogP contribution < -0.4 is 5.32 Å². The monoisotopic (exact) mass is 339 g/mol. The highest BCUT2D eigenvalue weighted by Gasteiger charge is 2.16. The number of sulfone groups is 1. The fourth-order valence-corrected chi connectivity index (χ4v) is 3.12. The highest BCUT2D eigenvalue weighted by atomic mass is 32.2. The molecule has 0 saturated carbocycles. The molecule has 8 heteroatoms. The molecule has 1 N–H and O–H groups in total. The van der Waals surface area contributed by atoms with Crippen LogP contribution in [0.3, 0.4) is 0 Å². The minimum absolute atomic E-state index is 0.0462. The molecule has 1 heterocycles. The van der Waals surface area contributed by atoms with Crippen molar-refractivity contribution in [1.82, 2.24) is 15.5 Å². The van der Waals surface area contributed by atoms with Crippen LogP contribution in [0.5, 0.6) is 0 Å². The van der Waals surface area contributed by atoms with Gasteiger partial charge in [-0.3, -0.25) is 0 Å². The summed E-state index contributed by atoms with van der Waals surface area (Å²) in [4.78, 5) is 4.57. The standard InChI is InChI=1S/C15H21N3O4S/c1-11(16-2)10-14-17-15(22-18-14)12-4-6-13(7-5-12)23(19,20)9-8-21-3/h4-7,11,16H,8-10H2,1-3H3. The van der Waals surface area contributed by atoms with E-state index in [2.05, 4.69) is 15.5 Å². The molecular weight excluding hydrogens is 318 g/mol. The third kappa shape index (κ3) is 4.60. The molecule has 0 spiro atoms. The van der Waals surface area contributed by atoms with Gasteiger partial charge in [-0.05, 0) is 38.2 Å². The van der Waals surface area contributed by atoms with Crippen molar-refractivity contribution in [1.29, 1.82) is 0 Å². The molecule has 0 bridgehead atoms. The normalized spacial score (nSPS) is 13.2. The van der Waals surface area contributed by atoms with E-state index in [0.29, 0.717) is 23.7 Å². The lowest BCUT2D eigenvalue weighted by atomic mass is 10.2. The Hall–Kier alpha value is -1.77. The van der Waals surface area contributed by atoms with Crippen LogP contribution in [-0.4, -0.2) is 51.1 Å². The van der Waals surface area contributed by atoms with Crippen molar-refractivity contribution in [3.8, 4) is 11.5 Å². The highest BCUT2D eigenvalue weighted by molar-refractivity contribution is 7.91. The number of benzene rings is 1. The number of rotatable bonds is 8. The number of ether oxygens (including phenoxy) is 1. The van der Waals surface area contributed by atoms with Gasteiger partial charge in [0, 0.05) is 25.1 Å². The van der Waals surface area contributed by atoms with E-state index in [1.54, 1.807) is 24.3 Å². The molecule has 1 aromatic heterocycles. The molecule has 23 heavy (non-hydrogen) atoms. The van der Waals surface area contributed by atoms with Gasteiger partial charge in [-0.1, -0.05) is 5.16 Å². The molecule has 0 aliphatic carbocycles. The molecular formula is C15H21N3O4S. The van der Waals surface area contributed by atoms with Crippen molar-refractivity contribution in [2.75, 3.05) is 26.5 Å². The third-order valence-electron chi connectivity index (χ3n) is 3.47. The number of aromatic nitrogens is 2. The third-order valence-corrected chi connectivity index (χ3v) is 5.16. The summed E-state index contributed by atoms with van der Waals surface area (Å²) in [5, 5.41) is 7.04. The van der Waals surface area contributed by atoms with Crippen LogP contribution in [0.15, 0.2) is 33.7 Å².